The van der Waals surface area contributed by atoms with Crippen LogP contribution in [0.4, 0.5) is 8.78 Å². The maximum Gasteiger partial charge on any atom is 0.259 e. The predicted octanol–water partition coefficient (Wildman–Crippen LogP) is 4.37. The Morgan fingerprint density at radius 1 is 0.718 bits per heavy atom. The number of nitrogens with one attached hydrogen (secondary N) is 2. The van der Waals surface area contributed by atoms with Crippen molar-refractivity contribution in [2.75, 3.05) is 0 Å². The van der Waals surface area contributed by atoms with Gasteiger partial charge in [0.05, 0.1) is 34.1 Å². The van der Waals surface area contributed by atoms with Crippen LogP contribution in [-0.4, -0.2) is 34.3 Å². The molecule has 196 valence electrons. The molecule has 0 aliphatic carbocycles. The van der Waals surface area contributed by atoms with E-state index in [-0.39, 0.29) is 37.7 Å². The zero-order valence-electron chi connectivity index (χ0n) is 19.6. The molecule has 0 spiro atoms. The number of rotatable bonds is 5. The fourth-order valence-corrected chi connectivity index (χ4v) is 4.81. The summed E-state index contributed by atoms with van der Waals surface area (Å²) in [7, 11) is 0. The van der Waals surface area contributed by atoms with Crippen LogP contribution in [0.15, 0.2) is 82.5 Å². The van der Waals surface area contributed by atoms with Crippen LogP contribution in [0.3, 0.4) is 0 Å². The lowest BCUT2D eigenvalue weighted by Gasteiger charge is -2.22. The van der Waals surface area contributed by atoms with Crippen LogP contribution in [0.5, 0.6) is 11.8 Å². The maximum absolute atomic E-state index is 13.6. The molecule has 0 radical (unpaired) electrons. The second-order valence-corrected chi connectivity index (χ2v) is 9.08. The van der Waals surface area contributed by atoms with E-state index >= 15 is 0 Å². The summed E-state index contributed by atoms with van der Waals surface area (Å²) in [6.07, 6.45) is 1.41. The van der Waals surface area contributed by atoms with Crippen LogP contribution in [0.1, 0.15) is 22.7 Å². The van der Waals surface area contributed by atoms with Crippen molar-refractivity contribution in [3.63, 3.8) is 0 Å². The number of hydrogen-bond donors (Lipinski definition) is 4. The Balaban J connectivity index is 1.87. The van der Waals surface area contributed by atoms with Crippen LogP contribution in [0.25, 0.3) is 11.4 Å². The minimum absolute atomic E-state index is 0.115. The SMILES string of the molecule is O=c1[nH]c(=S)n(-c2ccc(F)cc2)c(O)c1C(c1ccccn1)c1c(O)n(-c2ccc(F)cc2)c(=S)[nH]c1=O. The summed E-state index contributed by atoms with van der Waals surface area (Å²) in [6, 6.07) is 14.6. The molecular weight excluding hydrogens is 548 g/mol. The molecule has 0 aliphatic rings. The van der Waals surface area contributed by atoms with Gasteiger partial charge in [0.25, 0.3) is 11.1 Å². The highest BCUT2D eigenvalue weighted by atomic mass is 32.1. The van der Waals surface area contributed by atoms with E-state index in [0.29, 0.717) is 0 Å². The normalized spacial score (nSPS) is 11.2. The lowest BCUT2D eigenvalue weighted by atomic mass is 9.90. The van der Waals surface area contributed by atoms with Gasteiger partial charge in [-0.1, -0.05) is 6.07 Å². The molecule has 39 heavy (non-hydrogen) atoms. The van der Waals surface area contributed by atoms with Gasteiger partial charge in [-0.05, 0) is 85.1 Å². The summed E-state index contributed by atoms with van der Waals surface area (Å²) in [5, 5.41) is 22.8. The molecule has 0 saturated carbocycles. The smallest absolute Gasteiger partial charge is 0.259 e. The Hall–Kier alpha value is -4.75. The van der Waals surface area contributed by atoms with Crippen molar-refractivity contribution in [1.29, 1.82) is 0 Å². The highest BCUT2D eigenvalue weighted by Crippen LogP contribution is 2.37. The zero-order chi connectivity index (χ0) is 27.8. The van der Waals surface area contributed by atoms with E-state index in [1.54, 1.807) is 12.1 Å². The second kappa shape index (κ2) is 10.2. The number of H-pyrrole nitrogens is 2. The lowest BCUT2D eigenvalue weighted by molar-refractivity contribution is 0.413. The first kappa shape index (κ1) is 25.9. The molecular formula is C26H17F2N5O4S2. The average molecular weight is 566 g/mol. The maximum atomic E-state index is 13.6. The highest BCUT2D eigenvalue weighted by molar-refractivity contribution is 7.71. The lowest BCUT2D eigenvalue weighted by Crippen LogP contribution is -2.28. The molecule has 2 aromatic carbocycles. The van der Waals surface area contributed by atoms with E-state index in [1.807, 2.05) is 0 Å². The Labute approximate surface area is 228 Å². The Kier molecular flexibility index (Phi) is 6.76. The predicted molar refractivity (Wildman–Crippen MR) is 143 cm³/mol. The van der Waals surface area contributed by atoms with Crippen molar-refractivity contribution in [3.8, 4) is 23.1 Å². The van der Waals surface area contributed by atoms with E-state index in [9.17, 15) is 28.6 Å². The minimum atomic E-state index is -1.44. The summed E-state index contributed by atoms with van der Waals surface area (Å²) in [5.41, 5.74) is -1.93. The van der Waals surface area contributed by atoms with Gasteiger partial charge >= 0.3 is 0 Å². The molecule has 4 N–H and O–H groups in total. The molecule has 5 aromatic rings. The second-order valence-electron chi connectivity index (χ2n) is 8.30. The fraction of sp³-hybridized carbons (Fsp3) is 0.0385. The van der Waals surface area contributed by atoms with E-state index in [1.165, 1.54) is 36.5 Å². The van der Waals surface area contributed by atoms with Gasteiger partial charge in [0.1, 0.15) is 11.6 Å². The molecule has 0 bridgehead atoms. The number of pyridine rings is 1. The van der Waals surface area contributed by atoms with Gasteiger partial charge in [0.15, 0.2) is 9.54 Å². The minimum Gasteiger partial charge on any atom is -0.494 e. The number of aromatic amines is 2. The number of hydrogen-bond acceptors (Lipinski definition) is 7. The van der Waals surface area contributed by atoms with Crippen molar-refractivity contribution in [2.45, 2.75) is 5.92 Å². The third-order valence-electron chi connectivity index (χ3n) is 5.97. The first-order chi connectivity index (χ1) is 18.7. The van der Waals surface area contributed by atoms with E-state index in [0.717, 1.165) is 33.4 Å². The quantitative estimate of drug-likeness (QED) is 0.233. The standard InChI is InChI=1S/C26H17F2N5O4S2/c27-13-4-8-15(9-5-13)32-23(36)19(21(34)30-25(32)38)18(17-3-1-2-12-29-17)20-22(35)31-26(39)33(24(20)37)16-10-6-14(28)7-11-16/h1-12,18,36-37H,(H,30,34,38)(H,31,35,39). The molecule has 9 nitrogen and oxygen atoms in total. The number of aromatic hydroxyl groups is 2. The molecule has 0 unspecified atom stereocenters. The summed E-state index contributed by atoms with van der Waals surface area (Å²) < 4.78 is 28.9. The van der Waals surface area contributed by atoms with Gasteiger partial charge in [0.2, 0.25) is 11.8 Å². The number of aromatic nitrogens is 5. The molecule has 3 heterocycles. The van der Waals surface area contributed by atoms with Gasteiger partial charge in [-0.3, -0.25) is 33.7 Å². The summed E-state index contributed by atoms with van der Waals surface area (Å²) in [5.74, 6) is -3.84. The van der Waals surface area contributed by atoms with Gasteiger partial charge < -0.3 is 10.2 Å². The van der Waals surface area contributed by atoms with Crippen LogP contribution < -0.4 is 11.1 Å². The van der Waals surface area contributed by atoms with Crippen LogP contribution >= 0.6 is 24.4 Å². The Morgan fingerprint density at radius 3 is 1.54 bits per heavy atom. The van der Waals surface area contributed by atoms with Crippen molar-refractivity contribution in [1.82, 2.24) is 24.1 Å². The van der Waals surface area contributed by atoms with E-state index in [2.05, 4.69) is 15.0 Å². The average Bonchev–Trinajstić information content (AvgIpc) is 2.90. The number of nitrogens with zero attached hydrogens (tertiary/aromatic N) is 3. The third-order valence-corrected chi connectivity index (χ3v) is 6.54. The molecule has 0 saturated heterocycles. The van der Waals surface area contributed by atoms with Crippen LogP contribution in [0, 0.1) is 21.2 Å². The number of benzene rings is 2. The first-order valence-corrected chi connectivity index (χ1v) is 12.1. The molecule has 0 amide bonds. The number of halogens is 2. The monoisotopic (exact) mass is 565 g/mol. The van der Waals surface area contributed by atoms with E-state index < -0.39 is 40.4 Å². The van der Waals surface area contributed by atoms with Crippen LogP contribution in [-0.2, 0) is 0 Å². The highest BCUT2D eigenvalue weighted by Gasteiger charge is 2.33. The molecule has 0 aliphatic heterocycles. The molecule has 5 rings (SSSR count). The Morgan fingerprint density at radius 2 is 1.15 bits per heavy atom. The van der Waals surface area contributed by atoms with Crippen molar-refractivity contribution < 1.29 is 19.0 Å². The van der Waals surface area contributed by atoms with Gasteiger partial charge in [0, 0.05) is 6.20 Å². The molecule has 0 atom stereocenters. The summed E-state index contributed by atoms with van der Waals surface area (Å²) in [6.45, 7) is 0. The van der Waals surface area contributed by atoms with Gasteiger partial charge in [-0.25, -0.2) is 8.78 Å². The molecule has 3 aromatic heterocycles. The molecule has 13 heteroatoms. The summed E-state index contributed by atoms with van der Waals surface area (Å²) >= 11 is 10.5. The van der Waals surface area contributed by atoms with Gasteiger partial charge in [-0.15, -0.1) is 0 Å². The Bertz CT molecular complexity index is 1810. The van der Waals surface area contributed by atoms with E-state index in [4.69, 9.17) is 24.4 Å². The molecule has 0 fully saturated rings. The summed E-state index contributed by atoms with van der Waals surface area (Å²) in [4.78, 5) is 35.8. The van der Waals surface area contributed by atoms with Gasteiger partial charge in [-0.2, -0.15) is 0 Å². The first-order valence-electron chi connectivity index (χ1n) is 11.3. The fourth-order valence-electron chi connectivity index (χ4n) is 4.24. The zero-order valence-corrected chi connectivity index (χ0v) is 21.3. The van der Waals surface area contributed by atoms with Crippen LogP contribution in [0.2, 0.25) is 0 Å². The largest absolute Gasteiger partial charge is 0.494 e. The van der Waals surface area contributed by atoms with Crippen molar-refractivity contribution >= 4 is 24.4 Å². The van der Waals surface area contributed by atoms with Crippen molar-refractivity contribution in [2.24, 2.45) is 0 Å². The topological polar surface area (TPSA) is 129 Å². The van der Waals surface area contributed by atoms with Crippen molar-refractivity contribution in [3.05, 3.63) is 132 Å². The third kappa shape index (κ3) is 4.69.